The first-order chi connectivity index (χ1) is 8.27. The van der Waals surface area contributed by atoms with Gasteiger partial charge < -0.3 is 10.3 Å². The minimum atomic E-state index is 0.132. The molecule has 17 heavy (non-hydrogen) atoms. The Balaban J connectivity index is 2.14. The summed E-state index contributed by atoms with van der Waals surface area (Å²) in [5, 5.41) is 0. The van der Waals surface area contributed by atoms with Crippen molar-refractivity contribution < 1.29 is 0 Å². The highest BCUT2D eigenvalue weighted by atomic mass is 79.9. The van der Waals surface area contributed by atoms with Crippen LogP contribution in [0.1, 0.15) is 24.6 Å². The van der Waals surface area contributed by atoms with Crippen LogP contribution in [0.25, 0.3) is 11.4 Å². The lowest BCUT2D eigenvalue weighted by Crippen LogP contribution is -2.21. The summed E-state index contributed by atoms with van der Waals surface area (Å²) in [7, 11) is 0. The number of halogens is 1. The Morgan fingerprint density at radius 1 is 1.35 bits per heavy atom. The van der Waals surface area contributed by atoms with E-state index in [1.165, 1.54) is 0 Å². The first-order valence-corrected chi connectivity index (χ1v) is 6.62. The number of rotatable bonds is 1. The van der Waals surface area contributed by atoms with Gasteiger partial charge >= 0.3 is 0 Å². The molecule has 1 aliphatic heterocycles. The quantitative estimate of drug-likeness (QED) is 0.877. The van der Waals surface area contributed by atoms with Crippen LogP contribution in [0, 0.1) is 0 Å². The van der Waals surface area contributed by atoms with E-state index >= 15 is 0 Å². The maximum atomic E-state index is 6.10. The minimum Gasteiger partial charge on any atom is -0.327 e. The summed E-state index contributed by atoms with van der Waals surface area (Å²) in [4.78, 5) is 4.53. The van der Waals surface area contributed by atoms with Gasteiger partial charge in [-0.25, -0.2) is 4.98 Å². The molecule has 3 nitrogen and oxygen atoms in total. The first kappa shape index (κ1) is 11.0. The molecule has 1 aromatic carbocycles. The van der Waals surface area contributed by atoms with Crippen LogP contribution in [0.15, 0.2) is 34.9 Å². The molecule has 0 fully saturated rings. The summed E-state index contributed by atoms with van der Waals surface area (Å²) in [5.41, 5.74) is 8.39. The van der Waals surface area contributed by atoms with Crippen molar-refractivity contribution in [3.05, 3.63) is 40.6 Å². The third kappa shape index (κ3) is 1.81. The van der Waals surface area contributed by atoms with Crippen LogP contribution in [0.5, 0.6) is 0 Å². The predicted molar refractivity (Wildman–Crippen MR) is 71.5 cm³/mol. The highest BCUT2D eigenvalue weighted by Gasteiger charge is 2.21. The van der Waals surface area contributed by atoms with Gasteiger partial charge in [-0.05, 0) is 18.9 Å². The Labute approximate surface area is 109 Å². The van der Waals surface area contributed by atoms with Crippen molar-refractivity contribution in [1.29, 1.82) is 0 Å². The zero-order valence-corrected chi connectivity index (χ0v) is 11.0. The second kappa shape index (κ2) is 4.27. The summed E-state index contributed by atoms with van der Waals surface area (Å²) < 4.78 is 3.32. The van der Waals surface area contributed by atoms with Crippen molar-refractivity contribution in [2.45, 2.75) is 25.4 Å². The van der Waals surface area contributed by atoms with Crippen molar-refractivity contribution in [2.24, 2.45) is 5.73 Å². The molecule has 0 bridgehead atoms. The maximum absolute atomic E-state index is 6.10. The van der Waals surface area contributed by atoms with Crippen LogP contribution in [0.4, 0.5) is 0 Å². The molecule has 1 atom stereocenters. The number of fused-ring (bicyclic) bond motifs is 1. The van der Waals surface area contributed by atoms with E-state index in [-0.39, 0.29) is 6.04 Å². The van der Waals surface area contributed by atoms with Gasteiger partial charge in [0.05, 0.1) is 11.9 Å². The van der Waals surface area contributed by atoms with Crippen molar-refractivity contribution in [2.75, 3.05) is 0 Å². The molecule has 0 spiro atoms. The summed E-state index contributed by atoms with van der Waals surface area (Å²) in [6.07, 6.45) is 4.10. The molecule has 0 saturated heterocycles. The lowest BCUT2D eigenvalue weighted by Gasteiger charge is -2.22. The molecule has 1 aliphatic rings. The molecule has 1 unspecified atom stereocenters. The second-order valence-electron chi connectivity index (χ2n) is 4.39. The Hall–Kier alpha value is -1.13. The summed E-state index contributed by atoms with van der Waals surface area (Å²) >= 11 is 3.58. The smallest absolute Gasteiger partial charge is 0.141 e. The van der Waals surface area contributed by atoms with E-state index in [0.29, 0.717) is 0 Å². The molecule has 2 N–H and O–H groups in total. The topological polar surface area (TPSA) is 43.8 Å². The fourth-order valence-corrected chi connectivity index (χ4v) is 2.86. The van der Waals surface area contributed by atoms with E-state index in [9.17, 15) is 0 Å². The Kier molecular flexibility index (Phi) is 2.76. The molecular weight excluding hydrogens is 278 g/mol. The lowest BCUT2D eigenvalue weighted by molar-refractivity contribution is 0.466. The van der Waals surface area contributed by atoms with Crippen LogP contribution in [0.3, 0.4) is 0 Å². The summed E-state index contributed by atoms with van der Waals surface area (Å²) in [5.74, 6) is 1.02. The maximum Gasteiger partial charge on any atom is 0.141 e. The van der Waals surface area contributed by atoms with Gasteiger partial charge in [0.1, 0.15) is 5.82 Å². The fourth-order valence-electron chi connectivity index (χ4n) is 2.39. The molecule has 3 rings (SSSR count). The van der Waals surface area contributed by atoms with Crippen LogP contribution >= 0.6 is 15.9 Å². The molecular formula is C13H14BrN3. The van der Waals surface area contributed by atoms with Crippen molar-refractivity contribution in [1.82, 2.24) is 9.55 Å². The van der Waals surface area contributed by atoms with E-state index in [4.69, 9.17) is 5.73 Å². The van der Waals surface area contributed by atoms with Crippen molar-refractivity contribution in [3.63, 3.8) is 0 Å². The van der Waals surface area contributed by atoms with Gasteiger partial charge in [0.15, 0.2) is 0 Å². The standard InChI is InChI=1S/C13H14BrN3/c14-10-5-2-1-4-9(10)13-16-8-12-11(15)6-3-7-17(12)13/h1-2,4-5,8,11H,3,6-7,15H2. The van der Waals surface area contributed by atoms with Crippen LogP contribution in [-0.4, -0.2) is 9.55 Å². The Morgan fingerprint density at radius 3 is 3.00 bits per heavy atom. The zero-order chi connectivity index (χ0) is 11.8. The first-order valence-electron chi connectivity index (χ1n) is 5.83. The van der Waals surface area contributed by atoms with Gasteiger partial charge in [-0.2, -0.15) is 0 Å². The SMILES string of the molecule is NC1CCCn2c1cnc2-c1ccccc1Br. The van der Waals surface area contributed by atoms with E-state index < -0.39 is 0 Å². The molecule has 0 radical (unpaired) electrons. The van der Waals surface area contributed by atoms with Gasteiger partial charge in [0.2, 0.25) is 0 Å². The molecule has 2 heterocycles. The average molecular weight is 292 g/mol. The van der Waals surface area contributed by atoms with Gasteiger partial charge in [-0.1, -0.05) is 34.1 Å². The van der Waals surface area contributed by atoms with E-state index in [1.54, 1.807) is 0 Å². The van der Waals surface area contributed by atoms with Crippen LogP contribution in [0.2, 0.25) is 0 Å². The van der Waals surface area contributed by atoms with Crippen LogP contribution < -0.4 is 5.73 Å². The molecule has 4 heteroatoms. The number of hydrogen-bond donors (Lipinski definition) is 1. The molecule has 1 aromatic heterocycles. The Morgan fingerprint density at radius 2 is 2.18 bits per heavy atom. The largest absolute Gasteiger partial charge is 0.327 e. The van der Waals surface area contributed by atoms with Crippen LogP contribution in [-0.2, 0) is 6.54 Å². The van der Waals surface area contributed by atoms with Gasteiger partial charge in [-0.3, -0.25) is 0 Å². The highest BCUT2D eigenvalue weighted by molar-refractivity contribution is 9.10. The average Bonchev–Trinajstić information content (AvgIpc) is 2.75. The molecule has 88 valence electrons. The van der Waals surface area contributed by atoms with Gasteiger partial charge in [0.25, 0.3) is 0 Å². The third-order valence-corrected chi connectivity index (χ3v) is 3.97. The predicted octanol–water partition coefficient (Wildman–Crippen LogP) is 3.11. The number of nitrogens with zero attached hydrogens (tertiary/aromatic N) is 2. The fraction of sp³-hybridized carbons (Fsp3) is 0.308. The Bertz CT molecular complexity index is 547. The lowest BCUT2D eigenvalue weighted by atomic mass is 10.1. The number of hydrogen-bond acceptors (Lipinski definition) is 2. The van der Waals surface area contributed by atoms with Gasteiger partial charge in [-0.15, -0.1) is 0 Å². The second-order valence-corrected chi connectivity index (χ2v) is 5.24. The third-order valence-electron chi connectivity index (χ3n) is 3.28. The number of aromatic nitrogens is 2. The van der Waals surface area contributed by atoms with E-state index in [2.05, 4.69) is 31.5 Å². The number of nitrogens with two attached hydrogens (primary N) is 1. The monoisotopic (exact) mass is 291 g/mol. The zero-order valence-electron chi connectivity index (χ0n) is 9.44. The number of benzene rings is 1. The van der Waals surface area contributed by atoms with E-state index in [0.717, 1.165) is 40.9 Å². The van der Waals surface area contributed by atoms with E-state index in [1.807, 2.05) is 24.4 Å². The highest BCUT2D eigenvalue weighted by Crippen LogP contribution is 2.32. The molecule has 2 aromatic rings. The minimum absolute atomic E-state index is 0.132. The normalized spacial score (nSPS) is 19.1. The number of imidazole rings is 1. The molecule has 0 aliphatic carbocycles. The van der Waals surface area contributed by atoms with Gasteiger partial charge in [0, 0.05) is 22.6 Å². The van der Waals surface area contributed by atoms with Crippen molar-refractivity contribution in [3.8, 4) is 11.4 Å². The van der Waals surface area contributed by atoms with Crippen molar-refractivity contribution >= 4 is 15.9 Å². The summed E-state index contributed by atoms with van der Waals surface area (Å²) in [6.45, 7) is 1.01. The molecule has 0 saturated carbocycles. The summed E-state index contributed by atoms with van der Waals surface area (Å²) in [6, 6.07) is 8.30. The molecule has 0 amide bonds.